The minimum Gasteiger partial charge on any atom is -0.213 e. The minimum atomic E-state index is -3.07. The summed E-state index contributed by atoms with van der Waals surface area (Å²) in [5.41, 5.74) is 0. The summed E-state index contributed by atoms with van der Waals surface area (Å²) in [5.74, 6) is 0. The molecule has 5 heteroatoms. The fraction of sp³-hybridized carbons (Fsp3) is 0.250. The van der Waals surface area contributed by atoms with Gasteiger partial charge in [0.15, 0.2) is 0 Å². The summed E-state index contributed by atoms with van der Waals surface area (Å²) in [6.45, 7) is 0. The van der Waals surface area contributed by atoms with Gasteiger partial charge in [0.05, 0.1) is 26.1 Å². The molecule has 1 aromatic rings. The van der Waals surface area contributed by atoms with Gasteiger partial charge in [-0.1, -0.05) is 30.8 Å². The molecule has 1 aromatic carbocycles. The zero-order chi connectivity index (χ0) is 8.48. The third-order valence-corrected chi connectivity index (χ3v) is 3.98. The van der Waals surface area contributed by atoms with Gasteiger partial charge in [-0.3, -0.25) is 0 Å². The summed E-state index contributed by atoms with van der Waals surface area (Å²) in [7, 11) is -3.07. The summed E-state index contributed by atoms with van der Waals surface area (Å²) < 4.78 is 22.7. The topological polar surface area (TPSA) is 34.1 Å². The number of hydrogen-bond donors (Lipinski definition) is 0. The number of rotatable bonds is 1. The van der Waals surface area contributed by atoms with E-state index in [0.29, 0.717) is 4.90 Å². The fourth-order valence-electron chi connectivity index (χ4n) is 0.597. The van der Waals surface area contributed by atoms with Crippen LogP contribution in [0, 0.1) is 0 Å². The van der Waals surface area contributed by atoms with E-state index in [-0.39, 0.29) is 14.9 Å². The molecule has 0 spiro atoms. The van der Waals surface area contributed by atoms with Crippen LogP contribution in [-0.2, 0) is 7.01 Å². The van der Waals surface area contributed by atoms with Gasteiger partial charge in [-0.2, -0.15) is 0 Å². The minimum absolute atomic E-state index is 0. The highest BCUT2D eigenvalue weighted by atomic mass is 127. The maximum atomic E-state index is 10.9. The van der Waals surface area contributed by atoms with Crippen LogP contribution in [0.2, 0.25) is 0 Å². The third kappa shape index (κ3) is 4.97. The molecular weight excluding hydrogens is 367 g/mol. The molecule has 0 saturated carbocycles. The predicted molar refractivity (Wildman–Crippen MR) is 68.8 cm³/mol. The summed E-state index contributed by atoms with van der Waals surface area (Å²) in [6, 6.07) is 6.52. The van der Waals surface area contributed by atoms with E-state index >= 15 is 0 Å². The lowest BCUT2D eigenvalue weighted by atomic mass is 10.4. The molecule has 0 atom stereocenters. The number of hydrogen-bond acceptors (Lipinski definition) is 2. The average molecular weight is 379 g/mol. The zero-order valence-electron chi connectivity index (χ0n) is 5.29. The van der Waals surface area contributed by atoms with Crippen molar-refractivity contribution >= 4 is 44.1 Å². The number of halogens is 2. The summed E-state index contributed by atoms with van der Waals surface area (Å²) >= 11 is 4.63. The first-order valence-corrected chi connectivity index (χ1v) is 7.52. The molecule has 0 saturated heterocycles. The van der Waals surface area contributed by atoms with Crippen LogP contribution < -0.4 is 0 Å². The first-order valence-electron chi connectivity index (χ1n) is 2.70. The van der Waals surface area contributed by atoms with E-state index in [1.807, 2.05) is 0 Å². The molecule has 0 fully saturated rings. The standard InChI is InChI=1S/C6H4BrIO2S.2CH4/c7-5-1-3-6(4-2-5)11(8,9)10;;/h1-4H;2*1H4. The molecule has 0 aliphatic carbocycles. The maximum Gasteiger partial charge on any atom is 0.231 e. The Bertz CT molecular complexity index is 345. The Kier molecular flexibility index (Phi) is 7.28. The van der Waals surface area contributed by atoms with Crippen molar-refractivity contribution < 1.29 is 8.42 Å². The van der Waals surface area contributed by atoms with Crippen molar-refractivity contribution in [2.24, 2.45) is 0 Å². The molecule has 0 radical (unpaired) electrons. The van der Waals surface area contributed by atoms with E-state index < -0.39 is 7.01 Å². The van der Waals surface area contributed by atoms with Crippen LogP contribution in [0.4, 0.5) is 0 Å². The highest BCUT2D eigenvalue weighted by molar-refractivity contribution is 14.2. The van der Waals surface area contributed by atoms with Gasteiger partial charge in [0.1, 0.15) is 0 Å². The maximum absolute atomic E-state index is 10.9. The van der Waals surface area contributed by atoms with Gasteiger partial charge in [0, 0.05) is 4.47 Å². The summed E-state index contributed by atoms with van der Waals surface area (Å²) in [5, 5.41) is 0. The lowest BCUT2D eigenvalue weighted by Gasteiger charge is -1.94. The van der Waals surface area contributed by atoms with Crippen molar-refractivity contribution in [3.05, 3.63) is 28.7 Å². The molecule has 0 unspecified atom stereocenters. The van der Waals surface area contributed by atoms with Crippen molar-refractivity contribution in [1.29, 1.82) is 0 Å². The van der Waals surface area contributed by atoms with Gasteiger partial charge in [-0.25, -0.2) is 8.42 Å². The Balaban J connectivity index is 0. The van der Waals surface area contributed by atoms with E-state index in [0.717, 1.165) is 4.47 Å². The monoisotopic (exact) mass is 378 g/mol. The summed E-state index contributed by atoms with van der Waals surface area (Å²) in [6.07, 6.45) is 0. The molecular formula is C8H12BrIO2S. The molecule has 0 aliphatic heterocycles. The third-order valence-electron chi connectivity index (χ3n) is 1.10. The van der Waals surface area contributed by atoms with E-state index in [4.69, 9.17) is 0 Å². The predicted octanol–water partition coefficient (Wildman–Crippen LogP) is 3.85. The first-order chi connectivity index (χ1) is 5.00. The smallest absolute Gasteiger partial charge is 0.213 e. The molecule has 0 aromatic heterocycles. The van der Waals surface area contributed by atoms with Gasteiger partial charge in [0.2, 0.25) is 7.01 Å². The van der Waals surface area contributed by atoms with Crippen molar-refractivity contribution in [1.82, 2.24) is 0 Å². The Morgan fingerprint density at radius 3 is 1.77 bits per heavy atom. The van der Waals surface area contributed by atoms with E-state index in [2.05, 4.69) is 15.9 Å². The highest BCUT2D eigenvalue weighted by Crippen LogP contribution is 2.19. The van der Waals surface area contributed by atoms with Crippen LogP contribution in [0.5, 0.6) is 0 Å². The van der Waals surface area contributed by atoms with Crippen molar-refractivity contribution in [2.75, 3.05) is 0 Å². The normalized spacial score (nSPS) is 9.69. The van der Waals surface area contributed by atoms with Gasteiger partial charge in [-0.15, -0.1) is 0 Å². The van der Waals surface area contributed by atoms with Crippen molar-refractivity contribution in [3.63, 3.8) is 0 Å². The van der Waals surface area contributed by atoms with Crippen LogP contribution in [0.15, 0.2) is 33.6 Å². The second kappa shape index (κ2) is 5.98. The zero-order valence-corrected chi connectivity index (χ0v) is 9.85. The molecule has 13 heavy (non-hydrogen) atoms. The Labute approximate surface area is 100 Å². The molecule has 2 nitrogen and oxygen atoms in total. The van der Waals surface area contributed by atoms with E-state index in [9.17, 15) is 8.42 Å². The van der Waals surface area contributed by atoms with Gasteiger partial charge < -0.3 is 0 Å². The number of benzene rings is 1. The van der Waals surface area contributed by atoms with E-state index in [1.54, 1.807) is 24.3 Å². The van der Waals surface area contributed by atoms with Crippen LogP contribution in [-0.4, -0.2) is 8.42 Å². The Hall–Kier alpha value is 0.380. The lowest BCUT2D eigenvalue weighted by molar-refractivity contribution is 0.612. The van der Waals surface area contributed by atoms with Crippen molar-refractivity contribution in [3.8, 4) is 0 Å². The van der Waals surface area contributed by atoms with E-state index in [1.165, 1.54) is 21.2 Å². The molecule has 0 N–H and O–H groups in total. The van der Waals surface area contributed by atoms with Gasteiger partial charge >= 0.3 is 0 Å². The SMILES string of the molecule is C.C.O=S(=O)(I)c1ccc(Br)cc1. The molecule has 76 valence electrons. The van der Waals surface area contributed by atoms with Crippen molar-refractivity contribution in [2.45, 2.75) is 19.7 Å². The second-order valence-electron chi connectivity index (χ2n) is 1.89. The molecule has 0 amide bonds. The van der Waals surface area contributed by atoms with Gasteiger partial charge in [-0.05, 0) is 24.3 Å². The van der Waals surface area contributed by atoms with Crippen LogP contribution in [0.3, 0.4) is 0 Å². The fourth-order valence-corrected chi connectivity index (χ4v) is 2.20. The summed E-state index contributed by atoms with van der Waals surface area (Å²) in [4.78, 5) is 0.335. The lowest BCUT2D eigenvalue weighted by Crippen LogP contribution is -1.87. The van der Waals surface area contributed by atoms with Gasteiger partial charge in [0.25, 0.3) is 0 Å². The Morgan fingerprint density at radius 1 is 1.08 bits per heavy atom. The van der Waals surface area contributed by atoms with Crippen LogP contribution in [0.25, 0.3) is 0 Å². The highest BCUT2D eigenvalue weighted by Gasteiger charge is 2.06. The Morgan fingerprint density at radius 2 is 1.46 bits per heavy atom. The quantitative estimate of drug-likeness (QED) is 0.549. The van der Waals surface area contributed by atoms with Crippen LogP contribution >= 0.6 is 37.1 Å². The van der Waals surface area contributed by atoms with Crippen LogP contribution in [0.1, 0.15) is 14.9 Å². The molecule has 1 rings (SSSR count). The first kappa shape index (κ1) is 15.8. The molecule has 0 bridgehead atoms. The molecule has 0 aliphatic rings. The second-order valence-corrected chi connectivity index (χ2v) is 7.63. The average Bonchev–Trinajstić information content (AvgIpc) is 1.86. The molecule has 0 heterocycles. The largest absolute Gasteiger partial charge is 0.231 e.